The van der Waals surface area contributed by atoms with Crippen molar-refractivity contribution in [2.45, 2.75) is 12.8 Å². The van der Waals surface area contributed by atoms with Crippen LogP contribution >= 0.6 is 11.3 Å². The van der Waals surface area contributed by atoms with Crippen LogP contribution in [0.2, 0.25) is 0 Å². The zero-order chi connectivity index (χ0) is 19.7. The third kappa shape index (κ3) is 3.38. The van der Waals surface area contributed by atoms with E-state index in [9.17, 15) is 14.7 Å². The van der Waals surface area contributed by atoms with Gasteiger partial charge in [-0.3, -0.25) is 9.59 Å². The predicted octanol–water partition coefficient (Wildman–Crippen LogP) is 2.85. The number of aromatic nitrogens is 3. The van der Waals surface area contributed by atoms with Crippen molar-refractivity contribution in [3.05, 3.63) is 64.9 Å². The van der Waals surface area contributed by atoms with Gasteiger partial charge in [-0.2, -0.15) is 0 Å². The lowest BCUT2D eigenvalue weighted by Gasteiger charge is -2.16. The van der Waals surface area contributed by atoms with E-state index in [1.54, 1.807) is 30.3 Å². The molecule has 1 aliphatic heterocycles. The van der Waals surface area contributed by atoms with Crippen LogP contribution in [-0.4, -0.2) is 49.9 Å². The molecular formula is C20H18N4O3S. The van der Waals surface area contributed by atoms with Crippen LogP contribution in [-0.2, 0) is 4.79 Å². The van der Waals surface area contributed by atoms with E-state index in [0.29, 0.717) is 27.9 Å². The summed E-state index contributed by atoms with van der Waals surface area (Å²) in [7, 11) is 0. The first-order chi connectivity index (χ1) is 13.5. The highest BCUT2D eigenvalue weighted by Crippen LogP contribution is 2.35. The Morgan fingerprint density at radius 1 is 1.11 bits per heavy atom. The molecule has 0 unspecified atom stereocenters. The molecule has 0 bridgehead atoms. The van der Waals surface area contributed by atoms with E-state index in [4.69, 9.17) is 0 Å². The van der Waals surface area contributed by atoms with E-state index in [2.05, 4.69) is 15.0 Å². The fourth-order valence-corrected chi connectivity index (χ4v) is 4.48. The second-order valence-electron chi connectivity index (χ2n) is 6.68. The van der Waals surface area contributed by atoms with Gasteiger partial charge in [-0.25, -0.2) is 15.0 Å². The first-order valence-electron chi connectivity index (χ1n) is 8.86. The predicted molar refractivity (Wildman–Crippen MR) is 104 cm³/mol. The van der Waals surface area contributed by atoms with Gasteiger partial charge >= 0.3 is 5.97 Å². The Balaban J connectivity index is 1.60. The summed E-state index contributed by atoms with van der Waals surface area (Å²) in [5.74, 6) is -1.46. The highest BCUT2D eigenvalue weighted by molar-refractivity contribution is 7.17. The van der Waals surface area contributed by atoms with Gasteiger partial charge in [0.15, 0.2) is 10.8 Å². The standard InChI is InChI=1S/C20H18N4O3S/c1-12-16(28-18(23-12)17-21-8-5-9-22-17)19(25)24-10-14(15(11-24)20(26)27)13-6-3-2-4-7-13/h2-9,14-15H,10-11H2,1H3,(H,26,27)/t14-,15-/m0/s1. The Hall–Kier alpha value is -3.13. The lowest BCUT2D eigenvalue weighted by molar-refractivity contribution is -0.141. The molecular weight excluding hydrogens is 376 g/mol. The molecule has 0 saturated carbocycles. The molecule has 1 fully saturated rings. The number of carboxylic acids is 1. The normalized spacial score (nSPS) is 19.0. The van der Waals surface area contributed by atoms with Gasteiger partial charge in [-0.05, 0) is 18.6 Å². The molecule has 1 saturated heterocycles. The maximum Gasteiger partial charge on any atom is 0.308 e. The Morgan fingerprint density at radius 2 is 1.82 bits per heavy atom. The number of hydrogen-bond donors (Lipinski definition) is 1. The summed E-state index contributed by atoms with van der Waals surface area (Å²) in [6.07, 6.45) is 3.26. The highest BCUT2D eigenvalue weighted by Gasteiger charge is 2.41. The molecule has 8 heteroatoms. The van der Waals surface area contributed by atoms with Gasteiger partial charge in [-0.1, -0.05) is 30.3 Å². The van der Waals surface area contributed by atoms with Crippen LogP contribution in [0.4, 0.5) is 0 Å². The highest BCUT2D eigenvalue weighted by atomic mass is 32.1. The fourth-order valence-electron chi connectivity index (χ4n) is 3.50. The first kappa shape index (κ1) is 18.2. The molecule has 142 valence electrons. The molecule has 1 aliphatic rings. The number of aliphatic carboxylic acids is 1. The summed E-state index contributed by atoms with van der Waals surface area (Å²) in [4.78, 5) is 39.8. The monoisotopic (exact) mass is 394 g/mol. The maximum absolute atomic E-state index is 13.1. The minimum absolute atomic E-state index is 0.183. The van der Waals surface area contributed by atoms with Crippen molar-refractivity contribution in [3.63, 3.8) is 0 Å². The Bertz CT molecular complexity index is 1010. The number of likely N-dealkylation sites (tertiary alicyclic amines) is 1. The summed E-state index contributed by atoms with van der Waals surface area (Å²) in [6.45, 7) is 2.33. The molecule has 0 aliphatic carbocycles. The summed E-state index contributed by atoms with van der Waals surface area (Å²) in [5.41, 5.74) is 1.54. The van der Waals surface area contributed by atoms with Crippen molar-refractivity contribution in [2.24, 2.45) is 5.92 Å². The van der Waals surface area contributed by atoms with Gasteiger partial charge in [0.05, 0.1) is 11.6 Å². The second-order valence-corrected chi connectivity index (χ2v) is 7.68. The topological polar surface area (TPSA) is 96.3 Å². The maximum atomic E-state index is 13.1. The van der Waals surface area contributed by atoms with Crippen LogP contribution in [0, 0.1) is 12.8 Å². The third-order valence-electron chi connectivity index (χ3n) is 4.90. The number of benzene rings is 1. The number of hydrogen-bond acceptors (Lipinski definition) is 6. The Kier molecular flexibility index (Phi) is 4.87. The summed E-state index contributed by atoms with van der Waals surface area (Å²) < 4.78 is 0. The summed E-state index contributed by atoms with van der Waals surface area (Å²) >= 11 is 1.24. The van der Waals surface area contributed by atoms with E-state index < -0.39 is 11.9 Å². The van der Waals surface area contributed by atoms with Gasteiger partial charge in [0.2, 0.25) is 0 Å². The third-order valence-corrected chi connectivity index (χ3v) is 6.04. The molecule has 0 radical (unpaired) electrons. The van der Waals surface area contributed by atoms with Gasteiger partial charge in [0.1, 0.15) is 4.88 Å². The van der Waals surface area contributed by atoms with E-state index in [1.807, 2.05) is 30.3 Å². The number of carbonyl (C=O) groups excluding carboxylic acids is 1. The van der Waals surface area contributed by atoms with Crippen molar-refractivity contribution in [2.75, 3.05) is 13.1 Å². The van der Waals surface area contributed by atoms with Crippen molar-refractivity contribution in [1.29, 1.82) is 0 Å². The Morgan fingerprint density at radius 3 is 2.50 bits per heavy atom. The summed E-state index contributed by atoms with van der Waals surface area (Å²) in [5, 5.41) is 10.2. The minimum Gasteiger partial charge on any atom is -0.481 e. The average Bonchev–Trinajstić information content (AvgIpc) is 3.33. The largest absolute Gasteiger partial charge is 0.481 e. The zero-order valence-electron chi connectivity index (χ0n) is 15.1. The van der Waals surface area contributed by atoms with Crippen LogP contribution < -0.4 is 0 Å². The molecule has 1 aromatic carbocycles. The molecule has 3 heterocycles. The Labute approximate surface area is 165 Å². The van der Waals surface area contributed by atoms with Crippen LogP contribution in [0.15, 0.2) is 48.8 Å². The van der Waals surface area contributed by atoms with Gasteiger partial charge in [0, 0.05) is 31.4 Å². The quantitative estimate of drug-likeness (QED) is 0.731. The van der Waals surface area contributed by atoms with Crippen LogP contribution in [0.3, 0.4) is 0 Å². The molecule has 7 nitrogen and oxygen atoms in total. The van der Waals surface area contributed by atoms with Gasteiger partial charge < -0.3 is 10.0 Å². The number of rotatable bonds is 4. The van der Waals surface area contributed by atoms with Crippen LogP contribution in [0.1, 0.15) is 26.8 Å². The molecule has 28 heavy (non-hydrogen) atoms. The zero-order valence-corrected chi connectivity index (χ0v) is 16.0. The van der Waals surface area contributed by atoms with Crippen LogP contribution in [0.5, 0.6) is 0 Å². The van der Waals surface area contributed by atoms with Gasteiger partial charge in [-0.15, -0.1) is 11.3 Å². The fraction of sp³-hybridized carbons (Fsp3) is 0.250. The number of carbonyl (C=O) groups is 2. The number of thiazole rings is 1. The van der Waals surface area contributed by atoms with Crippen molar-refractivity contribution in [1.82, 2.24) is 19.9 Å². The van der Waals surface area contributed by atoms with E-state index >= 15 is 0 Å². The van der Waals surface area contributed by atoms with E-state index in [0.717, 1.165) is 5.56 Å². The molecule has 4 rings (SSSR count). The molecule has 2 aromatic heterocycles. The SMILES string of the molecule is Cc1nc(-c2ncccn2)sc1C(=O)N1C[C@H](C(=O)O)[C@H](c2ccccc2)C1. The number of nitrogens with zero attached hydrogens (tertiary/aromatic N) is 4. The molecule has 3 aromatic rings. The molecule has 1 N–H and O–H groups in total. The van der Waals surface area contributed by atoms with Gasteiger partial charge in [0.25, 0.3) is 5.91 Å². The van der Waals surface area contributed by atoms with E-state index in [-0.39, 0.29) is 18.4 Å². The first-order valence-corrected chi connectivity index (χ1v) is 9.68. The average molecular weight is 394 g/mol. The van der Waals surface area contributed by atoms with E-state index in [1.165, 1.54) is 11.3 Å². The minimum atomic E-state index is -0.886. The van der Waals surface area contributed by atoms with Crippen molar-refractivity contribution < 1.29 is 14.7 Å². The lowest BCUT2D eigenvalue weighted by Crippen LogP contribution is -2.29. The number of carboxylic acid groups (broad SMARTS) is 1. The smallest absolute Gasteiger partial charge is 0.308 e. The second kappa shape index (κ2) is 7.47. The van der Waals surface area contributed by atoms with Crippen molar-refractivity contribution in [3.8, 4) is 10.8 Å². The number of amides is 1. The summed E-state index contributed by atoms with van der Waals surface area (Å²) in [6, 6.07) is 11.2. The molecule has 0 spiro atoms. The lowest BCUT2D eigenvalue weighted by atomic mass is 9.89. The number of aryl methyl sites for hydroxylation is 1. The van der Waals surface area contributed by atoms with Crippen molar-refractivity contribution >= 4 is 23.2 Å². The molecule has 1 amide bonds. The van der Waals surface area contributed by atoms with Crippen LogP contribution in [0.25, 0.3) is 10.8 Å². The molecule has 2 atom stereocenters.